The normalized spacial score (nSPS) is 16.7. The van der Waals surface area contributed by atoms with E-state index >= 15 is 0 Å². The molecule has 10 nitrogen and oxygen atoms in total. The Bertz CT molecular complexity index is 1910. The summed E-state index contributed by atoms with van der Waals surface area (Å²) in [4.78, 5) is 42.5. The number of hydrogen-bond acceptors (Lipinski definition) is 11. The number of nitrogens with zero attached hydrogens (tertiary/aromatic N) is 5. The number of anilines is 4. The van der Waals surface area contributed by atoms with Crippen LogP contribution in [0, 0.1) is 5.92 Å². The number of ketones is 1. The Kier molecular flexibility index (Phi) is 15.0. The van der Waals surface area contributed by atoms with Crippen LogP contribution in [0.25, 0.3) is 0 Å². The average molecular weight is 810 g/mol. The van der Waals surface area contributed by atoms with E-state index in [4.69, 9.17) is 14.6 Å². The number of piperidine rings is 2. The topological polar surface area (TPSA) is 98.7 Å². The lowest BCUT2D eigenvalue weighted by Gasteiger charge is -2.35. The van der Waals surface area contributed by atoms with Crippen molar-refractivity contribution in [2.24, 2.45) is 5.92 Å². The maximum absolute atomic E-state index is 12.8. The van der Waals surface area contributed by atoms with Gasteiger partial charge in [0.15, 0.2) is 11.6 Å². The van der Waals surface area contributed by atoms with Crippen molar-refractivity contribution in [2.45, 2.75) is 71.5 Å². The summed E-state index contributed by atoms with van der Waals surface area (Å²) in [6, 6.07) is 26.3. The zero-order chi connectivity index (χ0) is 39.4. The monoisotopic (exact) mass is 809 g/mol. The molecule has 2 saturated heterocycles. The van der Waals surface area contributed by atoms with Gasteiger partial charge in [-0.3, -0.25) is 4.79 Å². The Balaban J connectivity index is 0.000000174. The molecule has 8 rings (SSSR count). The first-order valence-electron chi connectivity index (χ1n) is 20.5. The highest BCUT2D eigenvalue weighted by molar-refractivity contribution is 8.00. The van der Waals surface area contributed by atoms with Gasteiger partial charge in [0.05, 0.1) is 35.2 Å². The van der Waals surface area contributed by atoms with Crippen LogP contribution in [0.1, 0.15) is 62.2 Å². The quantitative estimate of drug-likeness (QED) is 0.103. The van der Waals surface area contributed by atoms with Crippen molar-refractivity contribution < 1.29 is 24.2 Å². The Morgan fingerprint density at radius 3 is 2.19 bits per heavy atom. The zero-order valence-corrected chi connectivity index (χ0v) is 34.7. The molecule has 4 aliphatic heterocycles. The van der Waals surface area contributed by atoms with Crippen molar-refractivity contribution in [3.8, 4) is 0 Å². The molecule has 302 valence electrons. The van der Waals surface area contributed by atoms with Gasteiger partial charge in [0.1, 0.15) is 6.61 Å². The van der Waals surface area contributed by atoms with Gasteiger partial charge in [0.2, 0.25) is 0 Å². The van der Waals surface area contributed by atoms with Crippen molar-refractivity contribution >= 4 is 58.3 Å². The van der Waals surface area contributed by atoms with Crippen LogP contribution >= 0.6 is 23.5 Å². The number of aromatic nitrogens is 1. The van der Waals surface area contributed by atoms with Gasteiger partial charge >= 0.3 is 6.09 Å². The number of hydrogen-bond donors (Lipinski definition) is 1. The molecule has 0 saturated carbocycles. The van der Waals surface area contributed by atoms with Gasteiger partial charge in [-0.1, -0.05) is 60.3 Å². The second-order valence-corrected chi connectivity index (χ2v) is 17.1. The van der Waals surface area contributed by atoms with Crippen molar-refractivity contribution in [2.75, 3.05) is 82.0 Å². The minimum Gasteiger partial charge on any atom is -0.446 e. The Hall–Kier alpha value is -3.91. The third-order valence-corrected chi connectivity index (χ3v) is 13.3. The first kappa shape index (κ1) is 41.3. The highest BCUT2D eigenvalue weighted by Crippen LogP contribution is 2.49. The second-order valence-electron chi connectivity index (χ2n) is 15.0. The molecule has 0 bridgehead atoms. The molecule has 0 radical (unpaired) electrons. The first-order valence-corrected chi connectivity index (χ1v) is 22.1. The number of para-hydroxylation sites is 2. The fraction of sp³-hybridized carbons (Fsp3) is 0.444. The lowest BCUT2D eigenvalue weighted by molar-refractivity contribution is 0.0599. The Labute approximate surface area is 345 Å². The Morgan fingerprint density at radius 2 is 1.42 bits per heavy atom. The van der Waals surface area contributed by atoms with Crippen molar-refractivity contribution in [1.29, 1.82) is 0 Å². The molecule has 0 spiro atoms. The molecule has 0 aliphatic carbocycles. The maximum Gasteiger partial charge on any atom is 0.420 e. The molecule has 3 aromatic carbocycles. The molecule has 12 heteroatoms. The summed E-state index contributed by atoms with van der Waals surface area (Å²) >= 11 is 3.40. The van der Waals surface area contributed by atoms with E-state index in [0.29, 0.717) is 31.6 Å². The molecule has 5 heterocycles. The van der Waals surface area contributed by atoms with Gasteiger partial charge in [-0.15, -0.1) is 0 Å². The molecule has 4 aromatic rings. The number of Topliss-reactive ketones (excluding diaryl/α,β-unsaturated/α-hetero) is 1. The molecular weight excluding hydrogens is 755 g/mol. The van der Waals surface area contributed by atoms with Crippen molar-refractivity contribution in [1.82, 2.24) is 14.8 Å². The van der Waals surface area contributed by atoms with E-state index in [1.807, 2.05) is 42.5 Å². The summed E-state index contributed by atoms with van der Waals surface area (Å²) < 4.78 is 11.1. The van der Waals surface area contributed by atoms with Gasteiger partial charge in [-0.25, -0.2) is 14.7 Å². The maximum atomic E-state index is 12.8. The number of ether oxygens (including phenoxy) is 2. The van der Waals surface area contributed by atoms with E-state index in [9.17, 15) is 9.59 Å². The summed E-state index contributed by atoms with van der Waals surface area (Å²) in [6.45, 7) is 10.9. The van der Waals surface area contributed by atoms with Crippen molar-refractivity contribution in [3.63, 3.8) is 0 Å². The zero-order valence-electron chi connectivity index (χ0n) is 33.0. The number of rotatable bonds is 13. The van der Waals surface area contributed by atoms with Crippen LogP contribution in [-0.4, -0.2) is 104 Å². The molecule has 1 aromatic heterocycles. The Morgan fingerprint density at radius 1 is 0.737 bits per heavy atom. The highest BCUT2D eigenvalue weighted by Gasteiger charge is 2.30. The number of carbonyl (C=O) groups excluding carboxylic acids is 2. The lowest BCUT2D eigenvalue weighted by Crippen LogP contribution is -2.36. The van der Waals surface area contributed by atoms with Gasteiger partial charge in [0, 0.05) is 46.1 Å². The van der Waals surface area contributed by atoms with Crippen molar-refractivity contribution in [3.05, 3.63) is 90.6 Å². The third-order valence-electron chi connectivity index (χ3n) is 11.1. The number of benzene rings is 3. The van der Waals surface area contributed by atoms with Crippen LogP contribution in [0.3, 0.4) is 0 Å². The largest absolute Gasteiger partial charge is 0.446 e. The molecule has 57 heavy (non-hydrogen) atoms. The molecule has 1 N–H and O–H groups in total. The van der Waals surface area contributed by atoms with E-state index in [0.717, 1.165) is 85.4 Å². The number of likely N-dealkylation sites (tertiary alicyclic amines) is 2. The van der Waals surface area contributed by atoms with Crippen LogP contribution in [0.5, 0.6) is 0 Å². The first-order chi connectivity index (χ1) is 28.0. The number of amides is 1. The van der Waals surface area contributed by atoms with E-state index in [1.165, 1.54) is 47.6 Å². The lowest BCUT2D eigenvalue weighted by atomic mass is 9.94. The summed E-state index contributed by atoms with van der Waals surface area (Å²) in [7, 11) is 0. The highest BCUT2D eigenvalue weighted by atomic mass is 32.2. The average Bonchev–Trinajstić information content (AvgIpc) is 3.24. The molecule has 4 aliphatic rings. The number of fused-ring (bicyclic) bond motifs is 4. The second kappa shape index (κ2) is 20.7. The molecule has 0 atom stereocenters. The van der Waals surface area contributed by atoms with Crippen LogP contribution in [0.2, 0.25) is 0 Å². The summed E-state index contributed by atoms with van der Waals surface area (Å²) in [5, 5.41) is 9.14. The van der Waals surface area contributed by atoms with Gasteiger partial charge < -0.3 is 29.3 Å². The van der Waals surface area contributed by atoms with Crippen LogP contribution in [0.4, 0.5) is 27.7 Å². The fourth-order valence-electron chi connectivity index (χ4n) is 7.93. The van der Waals surface area contributed by atoms with Gasteiger partial charge in [-0.05, 0) is 133 Å². The minimum absolute atomic E-state index is 0.113. The predicted molar refractivity (Wildman–Crippen MR) is 229 cm³/mol. The molecule has 2 fully saturated rings. The SMILES string of the molecule is CC(=O)c1ccc2c(c1)N(CCCN1CCC(CCO)CC1)c1ccccc1S2.O=C(OCCOCCN1CCCCC1)N1c2ccccc2Sc2cccnc21. The van der Waals surface area contributed by atoms with Crippen LogP contribution < -0.4 is 9.80 Å². The molecule has 0 unspecified atom stereocenters. The van der Waals surface area contributed by atoms with Gasteiger partial charge in [-0.2, -0.15) is 0 Å². The van der Waals surface area contributed by atoms with Crippen LogP contribution in [-0.2, 0) is 9.47 Å². The number of aliphatic hydroxyl groups is 1. The number of carbonyl (C=O) groups is 2. The van der Waals surface area contributed by atoms with E-state index in [1.54, 1.807) is 41.5 Å². The minimum atomic E-state index is -0.424. The smallest absolute Gasteiger partial charge is 0.420 e. The summed E-state index contributed by atoms with van der Waals surface area (Å²) in [5.74, 6) is 1.42. The summed E-state index contributed by atoms with van der Waals surface area (Å²) in [6.07, 6.45) is 9.61. The van der Waals surface area contributed by atoms with E-state index in [2.05, 4.69) is 56.1 Å². The predicted octanol–water partition coefficient (Wildman–Crippen LogP) is 9.30. The molecular formula is C45H55N5O5S2. The third kappa shape index (κ3) is 10.8. The van der Waals surface area contributed by atoms with Gasteiger partial charge in [0.25, 0.3) is 0 Å². The van der Waals surface area contributed by atoms with E-state index < -0.39 is 6.09 Å². The number of pyridine rings is 1. The fourth-order valence-corrected chi connectivity index (χ4v) is 10.0. The summed E-state index contributed by atoms with van der Waals surface area (Å²) in [5.41, 5.74) is 3.98. The van der Waals surface area contributed by atoms with Crippen LogP contribution in [0.15, 0.2) is 105 Å². The molecule has 1 amide bonds. The van der Waals surface area contributed by atoms with E-state index in [-0.39, 0.29) is 12.4 Å². The number of aliphatic hydroxyl groups excluding tert-OH is 1. The standard InChI is InChI=1S/C24H30N2O2S.C21H25N3O3S/c1-18(28)20-7-8-24-22(17-20)26(21-5-2-3-6-23(21)29-24)13-4-12-25-14-9-19(10-15-25)11-16-27;25-21(27-16-15-26-14-13-23-11-4-1-5-12-23)24-17-7-2-3-8-18(17)28-19-9-6-10-22-20(19)24/h2-3,5-8,17,19,27H,4,9-16H2,1H3;2-3,6-10H,1,4-5,11-16H2.